The predicted molar refractivity (Wildman–Crippen MR) is 89.2 cm³/mol. The number of rotatable bonds is 7. The SMILES string of the molecule is COCc1cccc(C(=O)NCCCN2CCCCCC2=O)c1. The molecule has 5 heteroatoms. The first-order valence-corrected chi connectivity index (χ1v) is 8.34. The Morgan fingerprint density at radius 2 is 2.17 bits per heavy atom. The second-order valence-corrected chi connectivity index (χ2v) is 5.93. The van der Waals surface area contributed by atoms with Crippen LogP contribution in [0.5, 0.6) is 0 Å². The van der Waals surface area contributed by atoms with Crippen LogP contribution in [-0.4, -0.2) is 43.5 Å². The van der Waals surface area contributed by atoms with Crippen molar-refractivity contribution in [2.24, 2.45) is 0 Å². The van der Waals surface area contributed by atoms with Crippen molar-refractivity contribution in [3.8, 4) is 0 Å². The second-order valence-electron chi connectivity index (χ2n) is 5.93. The van der Waals surface area contributed by atoms with Crippen LogP contribution in [-0.2, 0) is 16.1 Å². The Hall–Kier alpha value is -1.88. The number of hydrogen-bond acceptors (Lipinski definition) is 3. The Balaban J connectivity index is 1.74. The zero-order chi connectivity index (χ0) is 16.5. The van der Waals surface area contributed by atoms with E-state index in [1.54, 1.807) is 13.2 Å². The zero-order valence-electron chi connectivity index (χ0n) is 13.8. The average Bonchev–Trinajstić information content (AvgIpc) is 2.76. The first-order chi connectivity index (χ1) is 11.2. The van der Waals surface area contributed by atoms with Gasteiger partial charge < -0.3 is 15.0 Å². The first-order valence-electron chi connectivity index (χ1n) is 8.34. The summed E-state index contributed by atoms with van der Waals surface area (Å²) in [6.07, 6.45) is 4.68. The molecule has 1 N–H and O–H groups in total. The van der Waals surface area contributed by atoms with Crippen molar-refractivity contribution in [2.75, 3.05) is 26.7 Å². The standard InChI is InChI=1S/C18H26N2O3/c1-23-14-15-7-5-8-16(13-15)18(22)19-10-6-12-20-11-4-2-3-9-17(20)21/h5,7-8,13H,2-4,6,9-12,14H2,1H3,(H,19,22). The molecule has 0 saturated carbocycles. The molecule has 126 valence electrons. The predicted octanol–water partition coefficient (Wildman–Crippen LogP) is 2.36. The van der Waals surface area contributed by atoms with Crippen LogP contribution >= 0.6 is 0 Å². The van der Waals surface area contributed by atoms with Crippen LogP contribution in [0.25, 0.3) is 0 Å². The summed E-state index contributed by atoms with van der Waals surface area (Å²) in [7, 11) is 1.64. The van der Waals surface area contributed by atoms with Crippen LogP contribution in [0.3, 0.4) is 0 Å². The number of benzene rings is 1. The van der Waals surface area contributed by atoms with Crippen molar-refractivity contribution >= 4 is 11.8 Å². The minimum Gasteiger partial charge on any atom is -0.380 e. The lowest BCUT2D eigenvalue weighted by molar-refractivity contribution is -0.130. The zero-order valence-corrected chi connectivity index (χ0v) is 13.8. The van der Waals surface area contributed by atoms with Crippen molar-refractivity contribution in [3.63, 3.8) is 0 Å². The van der Waals surface area contributed by atoms with E-state index in [0.29, 0.717) is 25.1 Å². The molecule has 1 aliphatic rings. The number of hydrogen-bond donors (Lipinski definition) is 1. The number of methoxy groups -OCH3 is 1. The number of ether oxygens (including phenoxy) is 1. The summed E-state index contributed by atoms with van der Waals surface area (Å²) in [5, 5.41) is 2.92. The van der Waals surface area contributed by atoms with Crippen LogP contribution < -0.4 is 5.32 Å². The average molecular weight is 318 g/mol. The molecule has 0 spiro atoms. The van der Waals surface area contributed by atoms with Crippen molar-refractivity contribution in [1.29, 1.82) is 0 Å². The molecule has 2 amide bonds. The van der Waals surface area contributed by atoms with Crippen molar-refractivity contribution in [3.05, 3.63) is 35.4 Å². The molecule has 0 unspecified atom stereocenters. The largest absolute Gasteiger partial charge is 0.380 e. The Kier molecular flexibility index (Phi) is 7.07. The third-order valence-corrected chi connectivity index (χ3v) is 4.06. The molecule has 1 fully saturated rings. The van der Waals surface area contributed by atoms with Gasteiger partial charge in [-0.25, -0.2) is 0 Å². The highest BCUT2D eigenvalue weighted by Gasteiger charge is 2.15. The fourth-order valence-electron chi connectivity index (χ4n) is 2.82. The van der Waals surface area contributed by atoms with Crippen molar-refractivity contribution in [2.45, 2.75) is 38.7 Å². The van der Waals surface area contributed by atoms with E-state index in [0.717, 1.165) is 44.3 Å². The van der Waals surface area contributed by atoms with Crippen LogP contribution in [0, 0.1) is 0 Å². The molecule has 1 saturated heterocycles. The van der Waals surface area contributed by atoms with E-state index in [4.69, 9.17) is 4.74 Å². The van der Waals surface area contributed by atoms with Gasteiger partial charge in [0.2, 0.25) is 5.91 Å². The van der Waals surface area contributed by atoms with E-state index in [1.165, 1.54) is 0 Å². The normalized spacial score (nSPS) is 15.3. The van der Waals surface area contributed by atoms with Crippen LogP contribution in [0.15, 0.2) is 24.3 Å². The molecule has 23 heavy (non-hydrogen) atoms. The molecule has 1 aliphatic heterocycles. The van der Waals surface area contributed by atoms with E-state index < -0.39 is 0 Å². The van der Waals surface area contributed by atoms with Gasteiger partial charge in [0, 0.05) is 38.7 Å². The smallest absolute Gasteiger partial charge is 0.251 e. The maximum Gasteiger partial charge on any atom is 0.251 e. The third-order valence-electron chi connectivity index (χ3n) is 4.06. The summed E-state index contributed by atoms with van der Waals surface area (Å²) in [4.78, 5) is 26.0. The van der Waals surface area contributed by atoms with Crippen molar-refractivity contribution in [1.82, 2.24) is 10.2 Å². The second kappa shape index (κ2) is 9.30. The van der Waals surface area contributed by atoms with E-state index >= 15 is 0 Å². The summed E-state index contributed by atoms with van der Waals surface area (Å²) in [6.45, 7) is 2.66. The van der Waals surface area contributed by atoms with Crippen LogP contribution in [0.1, 0.15) is 48.0 Å². The summed E-state index contributed by atoms with van der Waals surface area (Å²) in [5.74, 6) is 0.172. The highest BCUT2D eigenvalue weighted by Crippen LogP contribution is 2.11. The maximum atomic E-state index is 12.1. The van der Waals surface area contributed by atoms with E-state index in [9.17, 15) is 9.59 Å². The molecule has 5 nitrogen and oxygen atoms in total. The minimum absolute atomic E-state index is 0.0786. The number of carbonyl (C=O) groups is 2. The highest BCUT2D eigenvalue weighted by molar-refractivity contribution is 5.94. The molecule has 2 rings (SSSR count). The van der Waals surface area contributed by atoms with Crippen LogP contribution in [0.2, 0.25) is 0 Å². The molecule has 0 aliphatic carbocycles. The highest BCUT2D eigenvalue weighted by atomic mass is 16.5. The molecule has 0 atom stereocenters. The van der Waals surface area contributed by atoms with Gasteiger partial charge >= 0.3 is 0 Å². The lowest BCUT2D eigenvalue weighted by Crippen LogP contribution is -2.34. The topological polar surface area (TPSA) is 58.6 Å². The van der Waals surface area contributed by atoms with Gasteiger partial charge in [0.25, 0.3) is 5.91 Å². The number of nitrogens with zero attached hydrogens (tertiary/aromatic N) is 1. The fourth-order valence-corrected chi connectivity index (χ4v) is 2.82. The first kappa shape index (κ1) is 17.5. The summed E-state index contributed by atoms with van der Waals surface area (Å²) >= 11 is 0. The molecule has 0 bridgehead atoms. The Morgan fingerprint density at radius 1 is 1.30 bits per heavy atom. The van der Waals surface area contributed by atoms with E-state index in [2.05, 4.69) is 5.32 Å². The van der Waals surface area contributed by atoms with E-state index in [-0.39, 0.29) is 11.8 Å². The lowest BCUT2D eigenvalue weighted by atomic mass is 10.1. The van der Waals surface area contributed by atoms with Gasteiger partial charge in [-0.1, -0.05) is 18.6 Å². The molecule has 1 aromatic carbocycles. The Morgan fingerprint density at radius 3 is 3.00 bits per heavy atom. The fraction of sp³-hybridized carbons (Fsp3) is 0.556. The van der Waals surface area contributed by atoms with Crippen molar-refractivity contribution < 1.29 is 14.3 Å². The van der Waals surface area contributed by atoms with Gasteiger partial charge in [0.1, 0.15) is 0 Å². The number of likely N-dealkylation sites (tertiary alicyclic amines) is 1. The molecule has 0 radical (unpaired) electrons. The number of amides is 2. The Bertz CT molecular complexity index is 531. The van der Waals surface area contributed by atoms with Gasteiger partial charge in [-0.2, -0.15) is 0 Å². The number of nitrogens with one attached hydrogen (secondary N) is 1. The summed E-state index contributed by atoms with van der Waals surface area (Å²) in [6, 6.07) is 7.44. The van der Waals surface area contributed by atoms with Gasteiger partial charge in [-0.3, -0.25) is 9.59 Å². The van der Waals surface area contributed by atoms with Crippen LogP contribution in [0.4, 0.5) is 0 Å². The van der Waals surface area contributed by atoms with E-state index in [1.807, 2.05) is 23.1 Å². The summed E-state index contributed by atoms with van der Waals surface area (Å²) in [5.41, 5.74) is 1.63. The van der Waals surface area contributed by atoms with Gasteiger partial charge in [0.15, 0.2) is 0 Å². The molecule has 0 aromatic heterocycles. The molecular weight excluding hydrogens is 292 g/mol. The summed E-state index contributed by atoms with van der Waals surface area (Å²) < 4.78 is 5.08. The Labute approximate surface area is 138 Å². The lowest BCUT2D eigenvalue weighted by Gasteiger charge is -2.20. The van der Waals surface area contributed by atoms with Gasteiger partial charge in [-0.15, -0.1) is 0 Å². The van der Waals surface area contributed by atoms with Gasteiger partial charge in [-0.05, 0) is 37.0 Å². The molecule has 1 heterocycles. The molecule has 1 aromatic rings. The van der Waals surface area contributed by atoms with Gasteiger partial charge in [0.05, 0.1) is 6.61 Å². The maximum absolute atomic E-state index is 12.1. The minimum atomic E-state index is -0.0786. The quantitative estimate of drug-likeness (QED) is 0.785. The number of carbonyl (C=O) groups excluding carboxylic acids is 2. The third kappa shape index (κ3) is 5.67. The molecular formula is C18H26N2O3. The monoisotopic (exact) mass is 318 g/mol.